The summed E-state index contributed by atoms with van der Waals surface area (Å²) in [5.74, 6) is -1.02. The molecule has 1 aliphatic rings. The first-order valence-corrected chi connectivity index (χ1v) is 14.1. The molecule has 0 bridgehead atoms. The van der Waals surface area contributed by atoms with Gasteiger partial charge in [-0.3, -0.25) is 9.36 Å². The first-order chi connectivity index (χ1) is 18.2. The minimum atomic E-state index is -4.42. The van der Waals surface area contributed by atoms with Crippen LogP contribution in [0.2, 0.25) is 0 Å². The summed E-state index contributed by atoms with van der Waals surface area (Å²) in [4.78, 5) is 20.9. The van der Waals surface area contributed by atoms with Gasteiger partial charge in [0.2, 0.25) is 21.7 Å². The highest BCUT2D eigenvalue weighted by atomic mass is 32.2. The van der Waals surface area contributed by atoms with Crippen LogP contribution in [0.5, 0.6) is 5.88 Å². The van der Waals surface area contributed by atoms with Gasteiger partial charge in [0.15, 0.2) is 4.90 Å². The molecule has 0 unspecified atom stereocenters. The second kappa shape index (κ2) is 10.1. The van der Waals surface area contributed by atoms with Crippen molar-refractivity contribution in [3.63, 3.8) is 0 Å². The molecule has 1 aliphatic carbocycles. The number of aryl methyl sites for hydroxylation is 2. The summed E-state index contributed by atoms with van der Waals surface area (Å²) in [5, 5.41) is 10.8. The van der Waals surface area contributed by atoms with Gasteiger partial charge < -0.3 is 5.11 Å². The van der Waals surface area contributed by atoms with Crippen molar-refractivity contribution >= 4 is 9.84 Å². The van der Waals surface area contributed by atoms with Crippen LogP contribution < -0.4 is 5.56 Å². The molecule has 7 nitrogen and oxygen atoms in total. The molecule has 9 heteroatoms. The minimum Gasteiger partial charge on any atom is -0.492 e. The molecule has 0 amide bonds. The Kier molecular flexibility index (Phi) is 6.88. The number of unbranched alkanes of at least 4 members (excludes halogenated alkanes) is 1. The normalized spacial score (nSPS) is 15.0. The van der Waals surface area contributed by atoms with E-state index in [1.54, 1.807) is 25.1 Å². The molecule has 2 aromatic carbocycles. The Morgan fingerprint density at radius 2 is 1.84 bits per heavy atom. The van der Waals surface area contributed by atoms with Gasteiger partial charge in [0.1, 0.15) is 5.82 Å². The molecule has 1 N–H and O–H groups in total. The van der Waals surface area contributed by atoms with E-state index in [1.807, 2.05) is 31.2 Å². The number of fused-ring (bicyclic) bond motifs is 1. The van der Waals surface area contributed by atoms with Crippen molar-refractivity contribution in [2.45, 2.75) is 61.8 Å². The van der Waals surface area contributed by atoms with Crippen LogP contribution in [-0.4, -0.2) is 28.1 Å². The fourth-order valence-electron chi connectivity index (χ4n) is 5.17. The number of benzene rings is 2. The van der Waals surface area contributed by atoms with Crippen LogP contribution in [0.1, 0.15) is 54.7 Å². The molecule has 0 radical (unpaired) electrons. The number of halogens is 1. The van der Waals surface area contributed by atoms with Gasteiger partial charge in [-0.1, -0.05) is 49.7 Å². The quantitative estimate of drug-likeness (QED) is 0.329. The number of nitrogens with zero attached hydrogens (tertiary/aromatic N) is 3. The first-order valence-electron chi connectivity index (χ1n) is 12.6. The number of aromatic nitrogens is 3. The zero-order valence-electron chi connectivity index (χ0n) is 21.2. The van der Waals surface area contributed by atoms with Crippen molar-refractivity contribution in [2.24, 2.45) is 0 Å². The van der Waals surface area contributed by atoms with Gasteiger partial charge in [0, 0.05) is 18.2 Å². The Morgan fingerprint density at radius 3 is 2.58 bits per heavy atom. The molecular formula is C29H28FN3O4S. The summed E-state index contributed by atoms with van der Waals surface area (Å²) in [6.45, 7) is 3.60. The zero-order valence-corrected chi connectivity index (χ0v) is 22.0. The molecule has 0 saturated heterocycles. The van der Waals surface area contributed by atoms with Crippen LogP contribution in [-0.2, 0) is 22.7 Å². The maximum atomic E-state index is 13.9. The highest BCUT2D eigenvalue weighted by molar-refractivity contribution is 7.91. The Bertz CT molecular complexity index is 1680. The predicted octanol–water partition coefficient (Wildman–Crippen LogP) is 5.17. The maximum Gasteiger partial charge on any atom is 0.277 e. The molecule has 38 heavy (non-hydrogen) atoms. The van der Waals surface area contributed by atoms with Crippen molar-refractivity contribution < 1.29 is 17.9 Å². The fourth-order valence-corrected chi connectivity index (χ4v) is 6.52. The van der Waals surface area contributed by atoms with Gasteiger partial charge in [-0.05, 0) is 66.6 Å². The van der Waals surface area contributed by atoms with E-state index in [4.69, 9.17) is 0 Å². The SMILES string of the molecule is CCCCc1nc(O)c(S(=O)(=O)c2ccc(-c3ccnc(F)c3C)cc2)c(=O)n1[C@H]1CCc2ccccc21. The van der Waals surface area contributed by atoms with E-state index in [0.29, 0.717) is 35.4 Å². The van der Waals surface area contributed by atoms with E-state index in [2.05, 4.69) is 9.97 Å². The van der Waals surface area contributed by atoms with Crippen LogP contribution in [0.3, 0.4) is 0 Å². The summed E-state index contributed by atoms with van der Waals surface area (Å²) in [5.41, 5.74) is 2.82. The van der Waals surface area contributed by atoms with Gasteiger partial charge in [0.05, 0.1) is 10.9 Å². The second-order valence-corrected chi connectivity index (χ2v) is 11.4. The fraction of sp³-hybridized carbons (Fsp3) is 0.276. The number of hydrogen-bond donors (Lipinski definition) is 1. The maximum absolute atomic E-state index is 13.9. The summed E-state index contributed by atoms with van der Waals surface area (Å²) in [6, 6.07) is 14.9. The number of hydrogen-bond acceptors (Lipinski definition) is 6. The number of sulfone groups is 1. The molecule has 1 atom stereocenters. The third-order valence-corrected chi connectivity index (χ3v) is 8.97. The van der Waals surface area contributed by atoms with Crippen LogP contribution in [0.15, 0.2) is 75.4 Å². The van der Waals surface area contributed by atoms with Crippen LogP contribution in [0.4, 0.5) is 4.39 Å². The lowest BCUT2D eigenvalue weighted by molar-refractivity contribution is 0.408. The Balaban J connectivity index is 1.62. The second-order valence-electron chi connectivity index (χ2n) is 9.51. The number of rotatable bonds is 7. The molecular weight excluding hydrogens is 505 g/mol. The average molecular weight is 534 g/mol. The molecule has 0 spiro atoms. The summed E-state index contributed by atoms with van der Waals surface area (Å²) < 4.78 is 42.8. The van der Waals surface area contributed by atoms with Gasteiger partial charge in [0.25, 0.3) is 5.56 Å². The monoisotopic (exact) mass is 533 g/mol. The Hall–Kier alpha value is -3.85. The number of aromatic hydroxyl groups is 1. The average Bonchev–Trinajstić information content (AvgIpc) is 3.32. The van der Waals surface area contributed by atoms with Crippen LogP contribution in [0.25, 0.3) is 11.1 Å². The highest BCUT2D eigenvalue weighted by Crippen LogP contribution is 2.36. The van der Waals surface area contributed by atoms with Gasteiger partial charge in [-0.15, -0.1) is 0 Å². The highest BCUT2D eigenvalue weighted by Gasteiger charge is 2.33. The van der Waals surface area contributed by atoms with E-state index in [-0.39, 0.29) is 10.9 Å². The Morgan fingerprint density at radius 1 is 1.11 bits per heavy atom. The summed E-state index contributed by atoms with van der Waals surface area (Å²) >= 11 is 0. The van der Waals surface area contributed by atoms with E-state index in [9.17, 15) is 22.7 Å². The summed E-state index contributed by atoms with van der Waals surface area (Å²) in [6.07, 6.45) is 4.78. The molecule has 4 aromatic rings. The molecule has 0 fully saturated rings. The zero-order chi connectivity index (χ0) is 27.0. The molecule has 196 valence electrons. The smallest absolute Gasteiger partial charge is 0.277 e. The van der Waals surface area contributed by atoms with E-state index in [1.165, 1.54) is 22.9 Å². The molecule has 2 aromatic heterocycles. The lowest BCUT2D eigenvalue weighted by atomic mass is 10.0. The van der Waals surface area contributed by atoms with Crippen LogP contribution >= 0.6 is 0 Å². The lowest BCUT2D eigenvalue weighted by Crippen LogP contribution is -2.33. The van der Waals surface area contributed by atoms with Crippen molar-refractivity contribution in [1.29, 1.82) is 0 Å². The lowest BCUT2D eigenvalue weighted by Gasteiger charge is -2.21. The number of pyridine rings is 1. The standard InChI is InChI=1S/C29H28FN3O4S/c1-3-4-9-25-32-28(34)26(29(35)33(25)24-15-12-19-7-5-6-8-23(19)24)38(36,37)21-13-10-20(11-14-21)22-16-17-31-27(30)18(22)2/h5-8,10-11,13-14,16-17,24,34H,3-4,9,12,15H2,1-2H3/t24-/m0/s1. The van der Waals surface area contributed by atoms with Crippen LogP contribution in [0, 0.1) is 12.9 Å². The predicted molar refractivity (Wildman–Crippen MR) is 141 cm³/mol. The Labute approximate surface area is 220 Å². The van der Waals surface area contributed by atoms with Gasteiger partial charge >= 0.3 is 0 Å². The third kappa shape index (κ3) is 4.41. The largest absolute Gasteiger partial charge is 0.492 e. The topological polar surface area (TPSA) is 102 Å². The van der Waals surface area contributed by atoms with Gasteiger partial charge in [-0.25, -0.2) is 13.4 Å². The van der Waals surface area contributed by atoms with Crippen molar-refractivity contribution in [1.82, 2.24) is 14.5 Å². The molecule has 0 saturated carbocycles. The van der Waals surface area contributed by atoms with E-state index >= 15 is 0 Å². The summed E-state index contributed by atoms with van der Waals surface area (Å²) in [7, 11) is -4.42. The molecule has 2 heterocycles. The third-order valence-electron chi connectivity index (χ3n) is 7.18. The van der Waals surface area contributed by atoms with E-state index in [0.717, 1.165) is 30.4 Å². The minimum absolute atomic E-state index is 0.165. The molecule has 5 rings (SSSR count). The van der Waals surface area contributed by atoms with Gasteiger partial charge in [-0.2, -0.15) is 9.37 Å². The van der Waals surface area contributed by atoms with Crippen molar-refractivity contribution in [2.75, 3.05) is 0 Å². The van der Waals surface area contributed by atoms with E-state index < -0.39 is 32.1 Å². The van der Waals surface area contributed by atoms with Crippen molar-refractivity contribution in [3.05, 3.63) is 99.6 Å². The first kappa shape index (κ1) is 25.8. The van der Waals surface area contributed by atoms with Crippen molar-refractivity contribution in [3.8, 4) is 17.0 Å². The molecule has 0 aliphatic heterocycles.